The summed E-state index contributed by atoms with van der Waals surface area (Å²) in [6.45, 7) is 1.11. The SMILES string of the molecule is Nc1nccc(-c2ccc3c(c2)N=C(C2COc4ccc(C(=O)NCCc5ccccn5)cc4C2)C3)n1. The molecule has 0 spiro atoms. The molecule has 0 fully saturated rings. The van der Waals surface area contributed by atoms with Gasteiger partial charge in [0.05, 0.1) is 18.0 Å². The number of nitrogens with two attached hydrogens (primary N) is 1. The average molecular weight is 491 g/mol. The molecule has 184 valence electrons. The van der Waals surface area contributed by atoms with Crippen LogP contribution < -0.4 is 15.8 Å². The lowest BCUT2D eigenvalue weighted by Crippen LogP contribution is -2.29. The quantitative estimate of drug-likeness (QED) is 0.423. The summed E-state index contributed by atoms with van der Waals surface area (Å²) in [5, 5.41) is 2.99. The first-order valence-corrected chi connectivity index (χ1v) is 12.4. The van der Waals surface area contributed by atoms with Gasteiger partial charge in [0.15, 0.2) is 0 Å². The number of hydrogen-bond donors (Lipinski definition) is 2. The van der Waals surface area contributed by atoms with Crippen molar-refractivity contribution in [1.82, 2.24) is 20.3 Å². The highest BCUT2D eigenvalue weighted by molar-refractivity contribution is 5.97. The predicted octanol–water partition coefficient (Wildman–Crippen LogP) is 3.97. The summed E-state index contributed by atoms with van der Waals surface area (Å²) >= 11 is 0. The Morgan fingerprint density at radius 3 is 2.84 bits per heavy atom. The van der Waals surface area contributed by atoms with Crippen molar-refractivity contribution >= 4 is 23.3 Å². The second-order valence-corrected chi connectivity index (χ2v) is 9.29. The van der Waals surface area contributed by atoms with Crippen molar-refractivity contribution in [2.24, 2.45) is 10.9 Å². The molecule has 3 N–H and O–H groups in total. The van der Waals surface area contributed by atoms with E-state index in [1.165, 1.54) is 5.56 Å². The first kappa shape index (κ1) is 22.8. The molecule has 4 aromatic rings. The molecular weight excluding hydrogens is 464 g/mol. The van der Waals surface area contributed by atoms with E-state index in [0.29, 0.717) is 25.1 Å². The van der Waals surface area contributed by atoms with Crippen LogP contribution in [0, 0.1) is 5.92 Å². The third-order valence-electron chi connectivity index (χ3n) is 6.78. The number of nitrogen functional groups attached to an aromatic ring is 1. The Balaban J connectivity index is 1.14. The number of anilines is 1. The number of carbonyl (C=O) groups is 1. The lowest BCUT2D eigenvalue weighted by Gasteiger charge is -2.26. The predicted molar refractivity (Wildman–Crippen MR) is 142 cm³/mol. The number of aromatic nitrogens is 3. The van der Waals surface area contributed by atoms with Crippen LogP contribution in [0.3, 0.4) is 0 Å². The molecule has 4 heterocycles. The van der Waals surface area contributed by atoms with Crippen molar-refractivity contribution in [3.8, 4) is 17.0 Å². The maximum absolute atomic E-state index is 12.8. The molecule has 0 bridgehead atoms. The smallest absolute Gasteiger partial charge is 0.251 e. The second-order valence-electron chi connectivity index (χ2n) is 9.29. The van der Waals surface area contributed by atoms with Crippen LogP contribution in [0.15, 0.2) is 78.0 Å². The number of fused-ring (bicyclic) bond motifs is 2. The Kier molecular flexibility index (Phi) is 6.06. The molecule has 2 aliphatic rings. The van der Waals surface area contributed by atoms with Gasteiger partial charge in [-0.2, -0.15) is 0 Å². The lowest BCUT2D eigenvalue weighted by molar-refractivity contribution is 0.0954. The lowest BCUT2D eigenvalue weighted by atomic mass is 9.89. The van der Waals surface area contributed by atoms with Gasteiger partial charge in [0.1, 0.15) is 5.75 Å². The van der Waals surface area contributed by atoms with Gasteiger partial charge in [0.25, 0.3) is 5.91 Å². The van der Waals surface area contributed by atoms with Crippen LogP contribution in [0.5, 0.6) is 5.75 Å². The van der Waals surface area contributed by atoms with Crippen molar-refractivity contribution < 1.29 is 9.53 Å². The maximum Gasteiger partial charge on any atom is 0.251 e. The van der Waals surface area contributed by atoms with E-state index in [4.69, 9.17) is 15.5 Å². The van der Waals surface area contributed by atoms with E-state index in [0.717, 1.165) is 52.5 Å². The average Bonchev–Trinajstić information content (AvgIpc) is 3.36. The third-order valence-corrected chi connectivity index (χ3v) is 6.78. The Hall–Kier alpha value is -4.59. The van der Waals surface area contributed by atoms with Crippen LogP contribution >= 0.6 is 0 Å². The Morgan fingerprint density at radius 1 is 1.03 bits per heavy atom. The van der Waals surface area contributed by atoms with Gasteiger partial charge >= 0.3 is 0 Å². The molecule has 1 unspecified atom stereocenters. The van der Waals surface area contributed by atoms with Gasteiger partial charge in [0, 0.05) is 60.2 Å². The van der Waals surface area contributed by atoms with Gasteiger partial charge in [-0.25, -0.2) is 9.97 Å². The number of aliphatic imine (C=N–C) groups is 1. The first-order chi connectivity index (χ1) is 18.1. The van der Waals surface area contributed by atoms with E-state index in [1.54, 1.807) is 12.4 Å². The van der Waals surface area contributed by atoms with Crippen molar-refractivity contribution in [3.63, 3.8) is 0 Å². The van der Waals surface area contributed by atoms with E-state index in [1.807, 2.05) is 48.5 Å². The molecule has 37 heavy (non-hydrogen) atoms. The number of nitrogens with zero attached hydrogens (tertiary/aromatic N) is 4. The summed E-state index contributed by atoms with van der Waals surface area (Å²) in [5.41, 5.74) is 13.4. The number of amides is 1. The van der Waals surface area contributed by atoms with Crippen molar-refractivity contribution in [2.75, 3.05) is 18.9 Å². The standard InChI is InChI=1S/C29H26N6O2/c30-29-33-12-9-24(35-29)18-4-5-19-16-26(34-25(19)15-18)22-14-21-13-20(6-7-27(21)37-17-22)28(36)32-11-8-23-3-1-2-10-31-23/h1-7,9-10,12-13,15,22H,8,11,14,16-17H2,(H,32,36)(H2,30,33,35). The van der Waals surface area contributed by atoms with Crippen LogP contribution in [0.25, 0.3) is 11.3 Å². The molecule has 0 saturated carbocycles. The zero-order valence-corrected chi connectivity index (χ0v) is 20.2. The molecule has 2 aromatic carbocycles. The largest absolute Gasteiger partial charge is 0.493 e. The van der Waals surface area contributed by atoms with Crippen molar-refractivity contribution in [3.05, 3.63) is 95.4 Å². The Labute approximate surface area is 214 Å². The molecular formula is C29H26N6O2. The topological polar surface area (TPSA) is 115 Å². The zero-order valence-electron chi connectivity index (χ0n) is 20.2. The fourth-order valence-corrected chi connectivity index (χ4v) is 4.84. The number of carbonyl (C=O) groups excluding carboxylic acids is 1. The number of ether oxygens (including phenoxy) is 1. The highest BCUT2D eigenvalue weighted by Crippen LogP contribution is 2.36. The van der Waals surface area contributed by atoms with E-state index in [9.17, 15) is 4.79 Å². The molecule has 8 nitrogen and oxygen atoms in total. The van der Waals surface area contributed by atoms with Gasteiger partial charge < -0.3 is 15.8 Å². The minimum Gasteiger partial charge on any atom is -0.493 e. The van der Waals surface area contributed by atoms with Gasteiger partial charge in [-0.1, -0.05) is 18.2 Å². The van der Waals surface area contributed by atoms with Crippen LogP contribution in [0.2, 0.25) is 0 Å². The van der Waals surface area contributed by atoms with Crippen LogP contribution in [0.4, 0.5) is 11.6 Å². The van der Waals surface area contributed by atoms with Gasteiger partial charge in [-0.3, -0.25) is 14.8 Å². The van der Waals surface area contributed by atoms with Crippen LogP contribution in [-0.2, 0) is 19.3 Å². The summed E-state index contributed by atoms with van der Waals surface area (Å²) in [4.78, 5) is 30.3. The summed E-state index contributed by atoms with van der Waals surface area (Å²) in [6, 6.07) is 19.5. The molecule has 0 saturated heterocycles. The van der Waals surface area contributed by atoms with E-state index >= 15 is 0 Å². The first-order valence-electron chi connectivity index (χ1n) is 12.4. The molecule has 2 aliphatic heterocycles. The molecule has 2 aromatic heterocycles. The highest BCUT2D eigenvalue weighted by atomic mass is 16.5. The number of nitrogens with one attached hydrogen (secondary N) is 1. The Bertz CT molecular complexity index is 1500. The molecule has 1 atom stereocenters. The molecule has 8 heteroatoms. The van der Waals surface area contributed by atoms with E-state index in [2.05, 4.69) is 32.4 Å². The third kappa shape index (κ3) is 4.91. The van der Waals surface area contributed by atoms with E-state index < -0.39 is 0 Å². The van der Waals surface area contributed by atoms with Gasteiger partial charge in [-0.05, 0) is 60.0 Å². The highest BCUT2D eigenvalue weighted by Gasteiger charge is 2.28. The minimum atomic E-state index is -0.0932. The fraction of sp³-hybridized carbons (Fsp3) is 0.207. The number of rotatable bonds is 6. The van der Waals surface area contributed by atoms with Crippen molar-refractivity contribution in [2.45, 2.75) is 19.3 Å². The summed E-state index contributed by atoms with van der Waals surface area (Å²) in [7, 11) is 0. The van der Waals surface area contributed by atoms with Gasteiger partial charge in [0.2, 0.25) is 5.95 Å². The molecule has 0 radical (unpaired) electrons. The zero-order chi connectivity index (χ0) is 25.2. The minimum absolute atomic E-state index is 0.0932. The summed E-state index contributed by atoms with van der Waals surface area (Å²) in [5.74, 6) is 1.15. The number of hydrogen-bond acceptors (Lipinski definition) is 7. The Morgan fingerprint density at radius 2 is 1.97 bits per heavy atom. The summed E-state index contributed by atoms with van der Waals surface area (Å²) < 4.78 is 6.08. The number of benzene rings is 2. The number of pyridine rings is 1. The normalized spacial score (nSPS) is 15.8. The second kappa shape index (κ2) is 9.81. The maximum atomic E-state index is 12.8. The van der Waals surface area contributed by atoms with E-state index in [-0.39, 0.29) is 17.8 Å². The monoisotopic (exact) mass is 490 g/mol. The van der Waals surface area contributed by atoms with Gasteiger partial charge in [-0.15, -0.1) is 0 Å². The van der Waals surface area contributed by atoms with Crippen LogP contribution in [-0.4, -0.2) is 39.7 Å². The van der Waals surface area contributed by atoms with Crippen LogP contribution in [0.1, 0.15) is 27.2 Å². The molecule has 1 amide bonds. The molecule has 0 aliphatic carbocycles. The van der Waals surface area contributed by atoms with Crippen molar-refractivity contribution in [1.29, 1.82) is 0 Å². The summed E-state index contributed by atoms with van der Waals surface area (Å²) in [6.07, 6.45) is 5.68. The fourth-order valence-electron chi connectivity index (χ4n) is 4.84. The molecule has 6 rings (SSSR count).